The lowest BCUT2D eigenvalue weighted by Gasteiger charge is -2.34. The van der Waals surface area contributed by atoms with Crippen molar-refractivity contribution in [3.63, 3.8) is 0 Å². The molecule has 1 amide bonds. The smallest absolute Gasteiger partial charge is 0.225 e. The number of likely N-dealkylation sites (N-methyl/N-ethyl adjacent to an activating group) is 1. The number of ether oxygens (including phenoxy) is 2. The number of carbonyl (C=O) groups is 1. The van der Waals surface area contributed by atoms with E-state index < -0.39 is 6.10 Å². The van der Waals surface area contributed by atoms with Gasteiger partial charge in [-0.1, -0.05) is 17.7 Å². The summed E-state index contributed by atoms with van der Waals surface area (Å²) in [6, 6.07) is 7.22. The predicted molar refractivity (Wildman–Crippen MR) is 93.3 cm³/mol. The van der Waals surface area contributed by atoms with Gasteiger partial charge in [-0.05, 0) is 44.4 Å². The number of aliphatic hydroxyl groups excluding tert-OH is 1. The maximum atomic E-state index is 12.7. The van der Waals surface area contributed by atoms with E-state index in [1.807, 2.05) is 19.1 Å². The highest BCUT2D eigenvalue weighted by atomic mass is 35.5. The Morgan fingerprint density at radius 1 is 1.42 bits per heavy atom. The molecule has 0 saturated heterocycles. The molecule has 134 valence electrons. The van der Waals surface area contributed by atoms with Gasteiger partial charge in [0, 0.05) is 24.6 Å². The molecule has 0 radical (unpaired) electrons. The summed E-state index contributed by atoms with van der Waals surface area (Å²) in [5.41, 5.74) is 0. The zero-order chi connectivity index (χ0) is 17.5. The van der Waals surface area contributed by atoms with Crippen molar-refractivity contribution in [1.29, 1.82) is 0 Å². The summed E-state index contributed by atoms with van der Waals surface area (Å²) in [4.78, 5) is 14.5. The van der Waals surface area contributed by atoms with E-state index in [0.717, 1.165) is 0 Å². The van der Waals surface area contributed by atoms with Crippen molar-refractivity contribution in [1.82, 2.24) is 4.90 Å². The van der Waals surface area contributed by atoms with Gasteiger partial charge in [0.25, 0.3) is 0 Å². The highest BCUT2D eigenvalue weighted by Crippen LogP contribution is 2.28. The van der Waals surface area contributed by atoms with E-state index in [2.05, 4.69) is 0 Å². The summed E-state index contributed by atoms with van der Waals surface area (Å²) in [6.45, 7) is 3.54. The largest absolute Gasteiger partial charge is 0.492 e. The maximum absolute atomic E-state index is 12.7. The van der Waals surface area contributed by atoms with Crippen LogP contribution in [0.15, 0.2) is 24.3 Å². The van der Waals surface area contributed by atoms with E-state index in [4.69, 9.17) is 21.1 Å². The van der Waals surface area contributed by atoms with Gasteiger partial charge in [-0.15, -0.1) is 0 Å². The first kappa shape index (κ1) is 19.0. The molecule has 1 N–H and O–H groups in total. The molecule has 1 saturated carbocycles. The van der Waals surface area contributed by atoms with Gasteiger partial charge in [0.1, 0.15) is 12.4 Å². The van der Waals surface area contributed by atoms with E-state index in [1.165, 1.54) is 0 Å². The molecule has 1 aromatic carbocycles. The number of nitrogens with zero attached hydrogens (tertiary/aromatic N) is 1. The summed E-state index contributed by atoms with van der Waals surface area (Å²) in [5.74, 6) is 0.719. The molecular formula is C18H26ClNO4. The molecule has 3 atom stereocenters. The number of hydrogen-bond donors (Lipinski definition) is 1. The fourth-order valence-electron chi connectivity index (χ4n) is 3.10. The molecule has 1 aromatic rings. The first-order chi connectivity index (χ1) is 11.5. The van der Waals surface area contributed by atoms with Crippen molar-refractivity contribution in [2.24, 2.45) is 5.92 Å². The van der Waals surface area contributed by atoms with Gasteiger partial charge in [0.05, 0.1) is 18.8 Å². The van der Waals surface area contributed by atoms with Crippen molar-refractivity contribution in [3.8, 4) is 5.75 Å². The molecule has 0 heterocycles. The van der Waals surface area contributed by atoms with Crippen LogP contribution in [0.2, 0.25) is 5.02 Å². The van der Waals surface area contributed by atoms with Crippen LogP contribution in [0, 0.1) is 5.92 Å². The van der Waals surface area contributed by atoms with Crippen LogP contribution < -0.4 is 4.74 Å². The number of aliphatic hydroxyl groups is 1. The summed E-state index contributed by atoms with van der Waals surface area (Å²) in [7, 11) is 1.58. The number of carbonyl (C=O) groups excluding carboxylic acids is 1. The molecule has 1 aliphatic rings. The first-order valence-electron chi connectivity index (χ1n) is 8.43. The first-order valence-corrected chi connectivity index (χ1v) is 8.81. The SMILES string of the molecule is CCN(CCOc1cccc(Cl)c1)C(=O)[C@@H]1CC[C@H](O)[C@H](OC)C1. The van der Waals surface area contributed by atoms with Gasteiger partial charge in [-0.25, -0.2) is 0 Å². The minimum Gasteiger partial charge on any atom is -0.492 e. The minimum atomic E-state index is -0.472. The normalized spacial score (nSPS) is 23.8. The Morgan fingerprint density at radius 3 is 2.88 bits per heavy atom. The van der Waals surface area contributed by atoms with Crippen LogP contribution in [0.25, 0.3) is 0 Å². The van der Waals surface area contributed by atoms with Gasteiger partial charge in [-0.2, -0.15) is 0 Å². The summed E-state index contributed by atoms with van der Waals surface area (Å²) < 4.78 is 11.0. The second-order valence-electron chi connectivity index (χ2n) is 6.08. The van der Waals surface area contributed by atoms with E-state index in [-0.39, 0.29) is 17.9 Å². The Labute approximate surface area is 148 Å². The third kappa shape index (κ3) is 5.10. The number of hydrogen-bond acceptors (Lipinski definition) is 4. The molecule has 5 nitrogen and oxygen atoms in total. The van der Waals surface area contributed by atoms with Crippen LogP contribution in [-0.4, -0.2) is 54.9 Å². The van der Waals surface area contributed by atoms with Crippen LogP contribution in [-0.2, 0) is 9.53 Å². The standard InChI is InChI=1S/C18H26ClNO4/c1-3-20(9-10-24-15-6-4-5-14(19)12-15)18(22)13-7-8-16(21)17(11-13)23-2/h4-6,12-13,16-17,21H,3,7-11H2,1-2H3/t13-,16+,17-/m1/s1. The quantitative estimate of drug-likeness (QED) is 0.817. The highest BCUT2D eigenvalue weighted by Gasteiger charge is 2.34. The van der Waals surface area contributed by atoms with Crippen LogP contribution in [0.1, 0.15) is 26.2 Å². The summed E-state index contributed by atoms with van der Waals surface area (Å²) in [5, 5.41) is 10.5. The second-order valence-corrected chi connectivity index (χ2v) is 6.51. The van der Waals surface area contributed by atoms with E-state index in [1.54, 1.807) is 24.1 Å². The fraction of sp³-hybridized carbons (Fsp3) is 0.611. The molecule has 0 spiro atoms. The van der Waals surface area contributed by atoms with Crippen molar-refractivity contribution < 1.29 is 19.4 Å². The van der Waals surface area contributed by atoms with Crippen LogP contribution >= 0.6 is 11.6 Å². The molecule has 1 aliphatic carbocycles. The number of amides is 1. The number of benzene rings is 1. The number of halogens is 1. The van der Waals surface area contributed by atoms with Crippen LogP contribution in [0.3, 0.4) is 0 Å². The van der Waals surface area contributed by atoms with Gasteiger partial charge in [0.2, 0.25) is 5.91 Å². The molecule has 1 fully saturated rings. The molecule has 0 unspecified atom stereocenters. The molecule has 2 rings (SSSR count). The lowest BCUT2D eigenvalue weighted by atomic mass is 9.84. The van der Waals surface area contributed by atoms with Crippen LogP contribution in [0.4, 0.5) is 0 Å². The Morgan fingerprint density at radius 2 is 2.21 bits per heavy atom. The van der Waals surface area contributed by atoms with E-state index in [0.29, 0.717) is 49.7 Å². The lowest BCUT2D eigenvalue weighted by molar-refractivity contribution is -0.141. The fourth-order valence-corrected chi connectivity index (χ4v) is 3.28. The topological polar surface area (TPSA) is 59.0 Å². The highest BCUT2D eigenvalue weighted by molar-refractivity contribution is 6.30. The van der Waals surface area contributed by atoms with Gasteiger partial charge < -0.3 is 19.5 Å². The van der Waals surface area contributed by atoms with E-state index >= 15 is 0 Å². The third-order valence-electron chi connectivity index (χ3n) is 4.53. The summed E-state index contributed by atoms with van der Waals surface area (Å²) in [6.07, 6.45) is 1.15. The average molecular weight is 356 g/mol. The number of methoxy groups -OCH3 is 1. The molecule has 0 bridgehead atoms. The second kappa shape index (κ2) is 9.25. The van der Waals surface area contributed by atoms with Crippen molar-refractivity contribution in [2.75, 3.05) is 26.8 Å². The predicted octanol–water partition coefficient (Wildman–Crippen LogP) is 2.74. The summed E-state index contributed by atoms with van der Waals surface area (Å²) >= 11 is 5.93. The lowest BCUT2D eigenvalue weighted by Crippen LogP contribution is -2.44. The monoisotopic (exact) mass is 355 g/mol. The zero-order valence-corrected chi connectivity index (χ0v) is 15.0. The van der Waals surface area contributed by atoms with E-state index in [9.17, 15) is 9.90 Å². The Kier molecular flexibility index (Phi) is 7.34. The third-order valence-corrected chi connectivity index (χ3v) is 4.76. The molecule has 6 heteroatoms. The van der Waals surface area contributed by atoms with Gasteiger partial charge in [-0.3, -0.25) is 4.79 Å². The van der Waals surface area contributed by atoms with Crippen LogP contribution in [0.5, 0.6) is 5.75 Å². The number of rotatable bonds is 7. The molecular weight excluding hydrogens is 330 g/mol. The Bertz CT molecular complexity index is 540. The Hall–Kier alpha value is -1.30. The minimum absolute atomic E-state index is 0.0931. The Balaban J connectivity index is 1.85. The van der Waals surface area contributed by atoms with Crippen molar-refractivity contribution >= 4 is 17.5 Å². The van der Waals surface area contributed by atoms with Crippen molar-refractivity contribution in [2.45, 2.75) is 38.4 Å². The van der Waals surface area contributed by atoms with Gasteiger partial charge in [0.15, 0.2) is 0 Å². The van der Waals surface area contributed by atoms with Gasteiger partial charge >= 0.3 is 0 Å². The van der Waals surface area contributed by atoms with Crippen molar-refractivity contribution in [3.05, 3.63) is 29.3 Å². The maximum Gasteiger partial charge on any atom is 0.225 e. The average Bonchev–Trinajstić information content (AvgIpc) is 2.58. The molecule has 0 aliphatic heterocycles. The molecule has 0 aromatic heterocycles. The zero-order valence-electron chi connectivity index (χ0n) is 14.3. The molecule has 24 heavy (non-hydrogen) atoms.